The van der Waals surface area contributed by atoms with Crippen molar-refractivity contribution in [3.05, 3.63) is 11.6 Å². The summed E-state index contributed by atoms with van der Waals surface area (Å²) in [5.74, 6) is -4.93. The molecule has 0 aromatic rings. The van der Waals surface area contributed by atoms with Crippen LogP contribution in [0.1, 0.15) is 90.9 Å². The third-order valence-corrected chi connectivity index (χ3v) is 5.64. The average molecular weight is 431 g/mol. The smallest absolute Gasteiger partial charge is 0.305 e. The van der Waals surface area contributed by atoms with Crippen LogP contribution in [-0.4, -0.2) is 36.9 Å². The number of Topliss-reactive ketones (excluding diaryl/α,β-unsaturated/α-hetero) is 1. The maximum absolute atomic E-state index is 13.9. The van der Waals surface area contributed by atoms with Crippen molar-refractivity contribution < 1.29 is 32.6 Å². The number of halogens is 2. The predicted octanol–water partition coefficient (Wildman–Crippen LogP) is 5.55. The van der Waals surface area contributed by atoms with Gasteiger partial charge in [-0.25, -0.2) is 0 Å². The van der Waals surface area contributed by atoms with Crippen molar-refractivity contribution in [2.24, 2.45) is 5.92 Å². The van der Waals surface area contributed by atoms with E-state index in [1.165, 1.54) is 14.0 Å². The lowest BCUT2D eigenvalue weighted by molar-refractivity contribution is -0.148. The molecule has 172 valence electrons. The molecule has 1 aliphatic rings. The van der Waals surface area contributed by atoms with Crippen molar-refractivity contribution in [3.63, 3.8) is 0 Å². The van der Waals surface area contributed by atoms with Crippen molar-refractivity contribution >= 4 is 17.7 Å². The van der Waals surface area contributed by atoms with Crippen LogP contribution >= 0.6 is 0 Å². The van der Waals surface area contributed by atoms with Gasteiger partial charge in [0.2, 0.25) is 5.78 Å². The minimum Gasteiger partial charge on any atom is -0.469 e. The van der Waals surface area contributed by atoms with E-state index in [9.17, 15) is 23.2 Å². The Bertz CT molecular complexity index is 600. The molecular formula is C23H36F2O5. The van der Waals surface area contributed by atoms with Crippen LogP contribution < -0.4 is 0 Å². The summed E-state index contributed by atoms with van der Waals surface area (Å²) >= 11 is 0. The molecule has 30 heavy (non-hydrogen) atoms. The fraction of sp³-hybridized carbons (Fsp3) is 0.783. The van der Waals surface area contributed by atoms with Gasteiger partial charge in [0.1, 0.15) is 6.10 Å². The number of alkyl halides is 2. The first-order valence-electron chi connectivity index (χ1n) is 11.0. The van der Waals surface area contributed by atoms with Gasteiger partial charge >= 0.3 is 17.9 Å². The normalized spacial score (nSPS) is 20.4. The SMILES string of the molecule is CCCCC(F)(F)C(=O)CC=C1CC[C@H](OC(C)=O)[C@@H]1CCCCCCC(=O)OC. The van der Waals surface area contributed by atoms with E-state index in [1.54, 1.807) is 6.08 Å². The van der Waals surface area contributed by atoms with Gasteiger partial charge in [-0.15, -0.1) is 0 Å². The van der Waals surface area contributed by atoms with Gasteiger partial charge in [-0.1, -0.05) is 44.3 Å². The molecule has 0 aromatic heterocycles. The zero-order valence-corrected chi connectivity index (χ0v) is 18.5. The molecule has 7 heteroatoms. The minimum absolute atomic E-state index is 0.0356. The molecule has 2 atom stereocenters. The number of allylic oxidation sites excluding steroid dienone is 1. The number of ether oxygens (including phenoxy) is 2. The Morgan fingerprint density at radius 2 is 1.83 bits per heavy atom. The summed E-state index contributed by atoms with van der Waals surface area (Å²) in [6.45, 7) is 3.18. The van der Waals surface area contributed by atoms with Crippen LogP contribution in [0.5, 0.6) is 0 Å². The second-order valence-electron chi connectivity index (χ2n) is 8.04. The lowest BCUT2D eigenvalue weighted by Crippen LogP contribution is -2.28. The Morgan fingerprint density at radius 3 is 2.47 bits per heavy atom. The van der Waals surface area contributed by atoms with Crippen LogP contribution in [0, 0.1) is 5.92 Å². The summed E-state index contributed by atoms with van der Waals surface area (Å²) in [4.78, 5) is 34.5. The van der Waals surface area contributed by atoms with Crippen LogP contribution in [-0.2, 0) is 23.9 Å². The van der Waals surface area contributed by atoms with E-state index in [0.29, 0.717) is 32.1 Å². The highest BCUT2D eigenvalue weighted by atomic mass is 19.3. The third kappa shape index (κ3) is 9.35. The molecule has 1 fully saturated rings. The lowest BCUT2D eigenvalue weighted by Gasteiger charge is -2.21. The fourth-order valence-electron chi connectivity index (χ4n) is 3.91. The molecule has 0 bridgehead atoms. The number of ketones is 1. The van der Waals surface area contributed by atoms with E-state index in [-0.39, 0.29) is 30.4 Å². The molecule has 0 N–H and O–H groups in total. The molecule has 0 unspecified atom stereocenters. The topological polar surface area (TPSA) is 69.7 Å². The van der Waals surface area contributed by atoms with E-state index < -0.39 is 18.1 Å². The number of carbonyl (C=O) groups is 3. The largest absolute Gasteiger partial charge is 0.469 e. The summed E-state index contributed by atoms with van der Waals surface area (Å²) in [5.41, 5.74) is 0.940. The molecule has 5 nitrogen and oxygen atoms in total. The van der Waals surface area contributed by atoms with Gasteiger partial charge in [-0.05, 0) is 32.1 Å². The molecule has 0 aliphatic heterocycles. The first kappa shape index (κ1) is 26.2. The van der Waals surface area contributed by atoms with Crippen molar-refractivity contribution in [3.8, 4) is 0 Å². The highest BCUT2D eigenvalue weighted by molar-refractivity contribution is 5.86. The van der Waals surface area contributed by atoms with Crippen LogP contribution in [0.25, 0.3) is 0 Å². The molecule has 1 aliphatic carbocycles. The zero-order valence-electron chi connectivity index (χ0n) is 18.5. The number of rotatable bonds is 14. The van der Waals surface area contributed by atoms with E-state index in [0.717, 1.165) is 37.7 Å². The van der Waals surface area contributed by atoms with Crippen LogP contribution in [0.2, 0.25) is 0 Å². The van der Waals surface area contributed by atoms with Gasteiger partial charge in [-0.3, -0.25) is 14.4 Å². The lowest BCUT2D eigenvalue weighted by atomic mass is 9.92. The predicted molar refractivity (Wildman–Crippen MR) is 110 cm³/mol. The maximum Gasteiger partial charge on any atom is 0.305 e. The van der Waals surface area contributed by atoms with E-state index in [4.69, 9.17) is 4.74 Å². The van der Waals surface area contributed by atoms with Gasteiger partial charge in [0.15, 0.2) is 0 Å². The Labute approximate surface area is 178 Å². The highest BCUT2D eigenvalue weighted by Crippen LogP contribution is 2.38. The minimum atomic E-state index is -3.28. The first-order valence-corrected chi connectivity index (χ1v) is 11.0. The molecule has 0 amide bonds. The number of unbranched alkanes of at least 4 members (excludes halogenated alkanes) is 4. The number of hydrogen-bond donors (Lipinski definition) is 0. The van der Waals surface area contributed by atoms with E-state index in [1.807, 2.05) is 6.92 Å². The Kier molecular flexibility index (Phi) is 11.8. The van der Waals surface area contributed by atoms with Gasteiger partial charge in [0.05, 0.1) is 7.11 Å². The third-order valence-electron chi connectivity index (χ3n) is 5.64. The van der Waals surface area contributed by atoms with Gasteiger partial charge < -0.3 is 9.47 Å². The second kappa shape index (κ2) is 13.5. The quantitative estimate of drug-likeness (QED) is 0.205. The molecule has 0 heterocycles. The van der Waals surface area contributed by atoms with Crippen LogP contribution in [0.4, 0.5) is 8.78 Å². The van der Waals surface area contributed by atoms with Gasteiger partial charge in [0.25, 0.3) is 0 Å². The molecule has 1 rings (SSSR count). The fourth-order valence-corrected chi connectivity index (χ4v) is 3.91. The summed E-state index contributed by atoms with van der Waals surface area (Å²) in [5, 5.41) is 0. The molecule has 1 saturated carbocycles. The molecule has 0 radical (unpaired) electrons. The number of hydrogen-bond acceptors (Lipinski definition) is 5. The standard InChI is InChI=1S/C23H36F2O5/c1-4-5-16-23(24,25)21(27)15-13-18-12-14-20(30-17(2)26)19(18)10-8-6-7-9-11-22(28)29-3/h13,19-20H,4-12,14-16H2,1-3H3/t19-,20+/m1/s1. The summed E-state index contributed by atoms with van der Waals surface area (Å²) in [7, 11) is 1.37. The van der Waals surface area contributed by atoms with E-state index in [2.05, 4.69) is 4.74 Å². The van der Waals surface area contributed by atoms with Crippen molar-refractivity contribution in [1.82, 2.24) is 0 Å². The van der Waals surface area contributed by atoms with Crippen molar-refractivity contribution in [2.75, 3.05) is 7.11 Å². The monoisotopic (exact) mass is 430 g/mol. The van der Waals surface area contributed by atoms with Gasteiger partial charge in [0, 0.05) is 32.1 Å². The Morgan fingerprint density at radius 1 is 1.13 bits per heavy atom. The second-order valence-corrected chi connectivity index (χ2v) is 8.04. The Balaban J connectivity index is 2.62. The maximum atomic E-state index is 13.9. The van der Waals surface area contributed by atoms with Crippen molar-refractivity contribution in [1.29, 1.82) is 0 Å². The summed E-state index contributed by atoms with van der Waals surface area (Å²) in [6.07, 6.45) is 7.53. The molecule has 0 aromatic carbocycles. The van der Waals surface area contributed by atoms with E-state index >= 15 is 0 Å². The van der Waals surface area contributed by atoms with Gasteiger partial charge in [-0.2, -0.15) is 8.78 Å². The molecule has 0 spiro atoms. The Hall–Kier alpha value is -1.79. The van der Waals surface area contributed by atoms with Crippen molar-refractivity contribution in [2.45, 2.75) is 103 Å². The zero-order chi connectivity index (χ0) is 22.6. The number of esters is 2. The average Bonchev–Trinajstić information content (AvgIpc) is 3.07. The molecule has 0 saturated heterocycles. The first-order chi connectivity index (χ1) is 14.2. The van der Waals surface area contributed by atoms with Crippen LogP contribution in [0.15, 0.2) is 11.6 Å². The summed E-state index contributed by atoms with van der Waals surface area (Å²) < 4.78 is 37.9. The number of methoxy groups -OCH3 is 1. The van der Waals surface area contributed by atoms with Crippen LogP contribution in [0.3, 0.4) is 0 Å². The highest BCUT2D eigenvalue weighted by Gasteiger charge is 2.38. The molecular weight excluding hydrogens is 394 g/mol. The summed E-state index contributed by atoms with van der Waals surface area (Å²) in [6, 6.07) is 0. The number of carbonyl (C=O) groups excluding carboxylic acids is 3.